The van der Waals surface area contributed by atoms with Crippen LogP contribution >= 0.6 is 11.3 Å². The monoisotopic (exact) mass is 308 g/mol. The molecule has 108 valence electrons. The molecule has 21 heavy (non-hydrogen) atoms. The number of benzene rings is 1. The van der Waals surface area contributed by atoms with Crippen LogP contribution in [0.2, 0.25) is 0 Å². The third-order valence-corrected chi connectivity index (χ3v) is 3.56. The first-order chi connectivity index (χ1) is 10.1. The van der Waals surface area contributed by atoms with Crippen molar-refractivity contribution in [2.75, 3.05) is 5.73 Å². The number of alkyl halides is 2. The Morgan fingerprint density at radius 1 is 1.14 bits per heavy atom. The molecule has 3 rings (SSSR count). The Hall–Kier alpha value is -2.41. The fourth-order valence-electron chi connectivity index (χ4n) is 1.98. The Labute approximate surface area is 122 Å². The summed E-state index contributed by atoms with van der Waals surface area (Å²) in [7, 11) is 0. The molecular formula is C14H10F2N2O2S. The van der Waals surface area contributed by atoms with Gasteiger partial charge in [-0.3, -0.25) is 0 Å². The van der Waals surface area contributed by atoms with Gasteiger partial charge < -0.3 is 15.0 Å². The van der Waals surface area contributed by atoms with Gasteiger partial charge >= 0.3 is 6.61 Å². The molecule has 0 radical (unpaired) electrons. The van der Waals surface area contributed by atoms with E-state index in [1.807, 2.05) is 16.8 Å². The maximum Gasteiger partial charge on any atom is 0.387 e. The van der Waals surface area contributed by atoms with Crippen LogP contribution in [0.1, 0.15) is 0 Å². The summed E-state index contributed by atoms with van der Waals surface area (Å²) >= 11 is 1.53. The van der Waals surface area contributed by atoms with E-state index in [0.717, 1.165) is 11.1 Å². The lowest BCUT2D eigenvalue weighted by Crippen LogP contribution is -2.01. The fourth-order valence-corrected chi connectivity index (χ4v) is 2.62. The lowest BCUT2D eigenvalue weighted by Gasteiger charge is -2.06. The van der Waals surface area contributed by atoms with Crippen molar-refractivity contribution in [3.05, 3.63) is 41.1 Å². The summed E-state index contributed by atoms with van der Waals surface area (Å²) in [6, 6.07) is 8.07. The summed E-state index contributed by atoms with van der Waals surface area (Å²) in [5.41, 5.74) is 8.69. The standard InChI is InChI=1S/C14H10F2N2O2S/c15-14(16)19-10-3-1-8(2-4-10)11-12(18-20-13(11)17)9-5-6-21-7-9/h1-7,14H,17H2. The highest BCUT2D eigenvalue weighted by atomic mass is 32.1. The summed E-state index contributed by atoms with van der Waals surface area (Å²) in [4.78, 5) is 0. The highest BCUT2D eigenvalue weighted by Gasteiger charge is 2.18. The summed E-state index contributed by atoms with van der Waals surface area (Å²) in [6.45, 7) is -2.85. The molecular weight excluding hydrogens is 298 g/mol. The highest BCUT2D eigenvalue weighted by molar-refractivity contribution is 7.08. The van der Waals surface area contributed by atoms with E-state index in [0.29, 0.717) is 11.3 Å². The Morgan fingerprint density at radius 3 is 2.52 bits per heavy atom. The number of nitrogens with two attached hydrogens (primary N) is 1. The van der Waals surface area contributed by atoms with Crippen molar-refractivity contribution >= 4 is 17.2 Å². The number of aromatic nitrogens is 1. The van der Waals surface area contributed by atoms with Crippen molar-refractivity contribution in [1.29, 1.82) is 0 Å². The lowest BCUT2D eigenvalue weighted by atomic mass is 10.0. The molecule has 0 unspecified atom stereocenters. The van der Waals surface area contributed by atoms with E-state index in [1.165, 1.54) is 23.5 Å². The molecule has 3 aromatic rings. The highest BCUT2D eigenvalue weighted by Crippen LogP contribution is 2.37. The number of rotatable bonds is 4. The topological polar surface area (TPSA) is 61.3 Å². The molecule has 0 saturated heterocycles. The number of anilines is 1. The molecule has 0 aliphatic rings. The van der Waals surface area contributed by atoms with Gasteiger partial charge in [-0.25, -0.2) is 0 Å². The molecule has 0 spiro atoms. The van der Waals surface area contributed by atoms with Crippen LogP contribution < -0.4 is 10.5 Å². The Kier molecular flexibility index (Phi) is 3.57. The molecule has 2 heterocycles. The number of hydrogen-bond donors (Lipinski definition) is 1. The van der Waals surface area contributed by atoms with Crippen LogP contribution in [-0.4, -0.2) is 11.8 Å². The van der Waals surface area contributed by atoms with Gasteiger partial charge in [0.25, 0.3) is 0 Å². The van der Waals surface area contributed by atoms with Gasteiger partial charge in [0, 0.05) is 10.9 Å². The molecule has 0 aliphatic heterocycles. The van der Waals surface area contributed by atoms with Crippen LogP contribution in [0.15, 0.2) is 45.6 Å². The van der Waals surface area contributed by atoms with Gasteiger partial charge in [-0.05, 0) is 29.1 Å². The van der Waals surface area contributed by atoms with Crippen molar-refractivity contribution in [1.82, 2.24) is 5.16 Å². The van der Waals surface area contributed by atoms with E-state index in [1.54, 1.807) is 12.1 Å². The molecule has 2 N–H and O–H groups in total. The number of hydrogen-bond acceptors (Lipinski definition) is 5. The molecule has 0 atom stereocenters. The number of nitrogens with zero attached hydrogens (tertiary/aromatic N) is 1. The van der Waals surface area contributed by atoms with Crippen molar-refractivity contribution in [3.8, 4) is 28.1 Å². The lowest BCUT2D eigenvalue weighted by molar-refractivity contribution is -0.0498. The molecule has 0 bridgehead atoms. The average molecular weight is 308 g/mol. The molecule has 1 aromatic carbocycles. The van der Waals surface area contributed by atoms with Gasteiger partial charge in [0.15, 0.2) is 0 Å². The zero-order valence-electron chi connectivity index (χ0n) is 10.6. The maximum atomic E-state index is 12.1. The van der Waals surface area contributed by atoms with Crippen LogP contribution in [0, 0.1) is 0 Å². The summed E-state index contributed by atoms with van der Waals surface area (Å²) in [6.07, 6.45) is 0. The quantitative estimate of drug-likeness (QED) is 0.782. The second kappa shape index (κ2) is 5.53. The minimum atomic E-state index is -2.85. The first kappa shape index (κ1) is 13.6. The molecule has 0 aliphatic carbocycles. The van der Waals surface area contributed by atoms with Crippen LogP contribution in [0.25, 0.3) is 22.4 Å². The van der Waals surface area contributed by atoms with E-state index in [9.17, 15) is 8.78 Å². The van der Waals surface area contributed by atoms with Gasteiger partial charge in [-0.15, -0.1) is 0 Å². The smallest absolute Gasteiger partial charge is 0.387 e. The predicted octanol–water partition coefficient (Wildman–Crippen LogP) is 4.25. The van der Waals surface area contributed by atoms with Crippen molar-refractivity contribution in [2.24, 2.45) is 0 Å². The van der Waals surface area contributed by atoms with Crippen molar-refractivity contribution < 1.29 is 18.0 Å². The van der Waals surface area contributed by atoms with E-state index in [4.69, 9.17) is 10.3 Å². The molecule has 2 aromatic heterocycles. The Balaban J connectivity index is 1.99. The van der Waals surface area contributed by atoms with E-state index >= 15 is 0 Å². The van der Waals surface area contributed by atoms with Crippen LogP contribution in [0.4, 0.5) is 14.7 Å². The maximum absolute atomic E-state index is 12.1. The van der Waals surface area contributed by atoms with Gasteiger partial charge in [0.1, 0.15) is 11.4 Å². The third-order valence-electron chi connectivity index (χ3n) is 2.88. The summed E-state index contributed by atoms with van der Waals surface area (Å²) < 4.78 is 33.7. The van der Waals surface area contributed by atoms with E-state index < -0.39 is 6.61 Å². The number of thiophene rings is 1. The normalized spacial score (nSPS) is 11.0. The van der Waals surface area contributed by atoms with E-state index in [-0.39, 0.29) is 11.6 Å². The zero-order valence-corrected chi connectivity index (χ0v) is 11.4. The largest absolute Gasteiger partial charge is 0.435 e. The van der Waals surface area contributed by atoms with E-state index in [2.05, 4.69) is 9.89 Å². The molecule has 4 nitrogen and oxygen atoms in total. The van der Waals surface area contributed by atoms with Gasteiger partial charge in [-0.2, -0.15) is 20.1 Å². The second-order valence-electron chi connectivity index (χ2n) is 4.19. The number of halogens is 2. The first-order valence-electron chi connectivity index (χ1n) is 5.98. The van der Waals surface area contributed by atoms with Gasteiger partial charge in [-0.1, -0.05) is 17.3 Å². The molecule has 0 amide bonds. The molecule has 0 fully saturated rings. The fraction of sp³-hybridized carbons (Fsp3) is 0.0714. The Morgan fingerprint density at radius 2 is 1.90 bits per heavy atom. The van der Waals surface area contributed by atoms with Crippen molar-refractivity contribution in [2.45, 2.75) is 6.61 Å². The van der Waals surface area contributed by atoms with Gasteiger partial charge in [0.2, 0.25) is 5.88 Å². The number of ether oxygens (including phenoxy) is 1. The average Bonchev–Trinajstić information content (AvgIpc) is 3.08. The van der Waals surface area contributed by atoms with Crippen LogP contribution in [0.5, 0.6) is 5.75 Å². The summed E-state index contributed by atoms with van der Waals surface area (Å²) in [5.74, 6) is 0.264. The van der Waals surface area contributed by atoms with Crippen molar-refractivity contribution in [3.63, 3.8) is 0 Å². The molecule has 7 heteroatoms. The van der Waals surface area contributed by atoms with Crippen LogP contribution in [-0.2, 0) is 0 Å². The third kappa shape index (κ3) is 2.73. The Bertz CT molecular complexity index is 724. The minimum absolute atomic E-state index is 0.0841. The summed E-state index contributed by atoms with van der Waals surface area (Å²) in [5, 5.41) is 7.81. The zero-order chi connectivity index (χ0) is 14.8. The first-order valence-corrected chi connectivity index (χ1v) is 6.92. The molecule has 0 saturated carbocycles. The number of nitrogen functional groups attached to an aromatic ring is 1. The SMILES string of the molecule is Nc1onc(-c2ccsc2)c1-c1ccc(OC(F)F)cc1. The second-order valence-corrected chi connectivity index (χ2v) is 4.97. The van der Waals surface area contributed by atoms with Crippen LogP contribution in [0.3, 0.4) is 0 Å². The van der Waals surface area contributed by atoms with Gasteiger partial charge in [0.05, 0.1) is 5.56 Å². The minimum Gasteiger partial charge on any atom is -0.435 e. The predicted molar refractivity (Wildman–Crippen MR) is 76.3 cm³/mol.